The third-order valence-electron chi connectivity index (χ3n) is 3.65. The summed E-state index contributed by atoms with van der Waals surface area (Å²) in [6, 6.07) is 6.15. The Hall–Kier alpha value is -2.13. The van der Waals surface area contributed by atoms with Crippen molar-refractivity contribution >= 4 is 44.4 Å². The van der Waals surface area contributed by atoms with Gasteiger partial charge in [0.25, 0.3) is 0 Å². The molecule has 24 heavy (non-hydrogen) atoms. The van der Waals surface area contributed by atoms with Crippen LogP contribution < -0.4 is 10.1 Å². The van der Waals surface area contributed by atoms with Gasteiger partial charge in [-0.2, -0.15) is 0 Å². The van der Waals surface area contributed by atoms with Crippen molar-refractivity contribution in [2.24, 2.45) is 0 Å². The van der Waals surface area contributed by atoms with E-state index in [-0.39, 0.29) is 11.7 Å². The van der Waals surface area contributed by atoms with Crippen LogP contribution in [0.2, 0.25) is 0 Å². The Morgan fingerprint density at radius 3 is 3.17 bits per heavy atom. The number of carbonyl (C=O) groups excluding carboxylic acids is 1. The molecule has 1 fully saturated rings. The first kappa shape index (κ1) is 15.4. The summed E-state index contributed by atoms with van der Waals surface area (Å²) in [7, 11) is 1.63. The van der Waals surface area contributed by atoms with Crippen LogP contribution in [0.1, 0.15) is 18.9 Å². The van der Waals surface area contributed by atoms with Gasteiger partial charge in [-0.05, 0) is 31.0 Å². The first-order valence-electron chi connectivity index (χ1n) is 7.49. The van der Waals surface area contributed by atoms with Gasteiger partial charge < -0.3 is 14.6 Å². The maximum absolute atomic E-state index is 12.2. The highest BCUT2D eigenvalue weighted by Crippen LogP contribution is 2.37. The van der Waals surface area contributed by atoms with Crippen LogP contribution in [0, 0.1) is 0 Å². The number of ether oxygens (including phenoxy) is 1. The van der Waals surface area contributed by atoms with Gasteiger partial charge in [0.05, 0.1) is 23.1 Å². The molecule has 1 N–H and O–H groups in total. The molecular weight excluding hydrogens is 346 g/mol. The number of carbonyl (C=O) groups is 1. The van der Waals surface area contributed by atoms with Crippen molar-refractivity contribution in [2.75, 3.05) is 18.2 Å². The second kappa shape index (κ2) is 6.40. The van der Waals surface area contributed by atoms with E-state index in [1.807, 2.05) is 22.8 Å². The van der Waals surface area contributed by atoms with Gasteiger partial charge in [-0.15, -0.1) is 10.2 Å². The zero-order valence-corrected chi connectivity index (χ0v) is 14.6. The Morgan fingerprint density at radius 1 is 1.50 bits per heavy atom. The van der Waals surface area contributed by atoms with Gasteiger partial charge in [-0.1, -0.05) is 23.1 Å². The highest BCUT2D eigenvalue weighted by atomic mass is 32.2. The number of nitrogens with zero attached hydrogens (tertiary/aromatic N) is 4. The average molecular weight is 361 g/mol. The van der Waals surface area contributed by atoms with Crippen molar-refractivity contribution in [1.82, 2.24) is 19.7 Å². The van der Waals surface area contributed by atoms with E-state index in [2.05, 4.69) is 20.5 Å². The van der Waals surface area contributed by atoms with Crippen molar-refractivity contribution in [3.63, 3.8) is 0 Å². The molecule has 3 aromatic rings. The molecule has 1 aliphatic carbocycles. The standard InChI is InChI=1S/C15H15N5O2S2/c1-22-10-4-5-11-12(6-10)24-14(17-11)18-13(21)7-23-15-19-16-8-20(15)9-2-3-9/h4-6,8-9H,2-3,7H2,1H3,(H,17,18,21). The van der Waals surface area contributed by atoms with Crippen LogP contribution in [-0.4, -0.2) is 38.5 Å². The van der Waals surface area contributed by atoms with Crippen LogP contribution in [0.25, 0.3) is 10.2 Å². The number of aromatic nitrogens is 4. The third-order valence-corrected chi connectivity index (χ3v) is 5.55. The normalized spacial score (nSPS) is 14.0. The molecule has 0 atom stereocenters. The van der Waals surface area contributed by atoms with Crippen molar-refractivity contribution in [1.29, 1.82) is 0 Å². The molecule has 1 aliphatic rings. The van der Waals surface area contributed by atoms with E-state index in [9.17, 15) is 4.79 Å². The largest absolute Gasteiger partial charge is 0.497 e. The lowest BCUT2D eigenvalue weighted by molar-refractivity contribution is -0.113. The van der Waals surface area contributed by atoms with Crippen LogP contribution in [0.15, 0.2) is 29.7 Å². The molecule has 0 unspecified atom stereocenters. The number of amides is 1. The van der Waals surface area contributed by atoms with E-state index in [1.165, 1.54) is 23.1 Å². The summed E-state index contributed by atoms with van der Waals surface area (Å²) in [4.78, 5) is 16.6. The van der Waals surface area contributed by atoms with Crippen molar-refractivity contribution in [3.05, 3.63) is 24.5 Å². The molecule has 124 valence electrons. The number of fused-ring (bicyclic) bond motifs is 1. The highest BCUT2D eigenvalue weighted by Gasteiger charge is 2.26. The molecule has 9 heteroatoms. The van der Waals surface area contributed by atoms with Gasteiger partial charge in [0.15, 0.2) is 10.3 Å². The number of methoxy groups -OCH3 is 1. The zero-order valence-electron chi connectivity index (χ0n) is 12.9. The number of thiazole rings is 1. The van der Waals surface area contributed by atoms with Crippen molar-refractivity contribution in [3.8, 4) is 5.75 Å². The van der Waals surface area contributed by atoms with Gasteiger partial charge in [0.1, 0.15) is 12.1 Å². The smallest absolute Gasteiger partial charge is 0.236 e. The summed E-state index contributed by atoms with van der Waals surface area (Å²) in [5.41, 5.74) is 0.845. The van der Waals surface area contributed by atoms with E-state index in [0.29, 0.717) is 11.2 Å². The van der Waals surface area contributed by atoms with Gasteiger partial charge in [0, 0.05) is 6.04 Å². The maximum Gasteiger partial charge on any atom is 0.236 e. The lowest BCUT2D eigenvalue weighted by atomic mass is 10.3. The fourth-order valence-corrected chi connectivity index (χ4v) is 4.00. The summed E-state index contributed by atoms with van der Waals surface area (Å²) in [6.45, 7) is 0. The minimum Gasteiger partial charge on any atom is -0.497 e. The van der Waals surface area contributed by atoms with Gasteiger partial charge in [-0.3, -0.25) is 4.79 Å². The molecular formula is C15H15N5O2S2. The Balaban J connectivity index is 1.39. The monoisotopic (exact) mass is 361 g/mol. The number of nitrogens with one attached hydrogen (secondary N) is 1. The Morgan fingerprint density at radius 2 is 2.38 bits per heavy atom. The van der Waals surface area contributed by atoms with E-state index in [1.54, 1.807) is 13.4 Å². The number of rotatable bonds is 6. The molecule has 2 heterocycles. The fraction of sp³-hybridized carbons (Fsp3) is 0.333. The first-order valence-corrected chi connectivity index (χ1v) is 9.30. The SMILES string of the molecule is COc1ccc2nc(NC(=O)CSc3nncn3C3CC3)sc2c1. The molecule has 7 nitrogen and oxygen atoms in total. The van der Waals surface area contributed by atoms with Gasteiger partial charge in [0.2, 0.25) is 5.91 Å². The van der Waals surface area contributed by atoms with Crippen LogP contribution in [-0.2, 0) is 4.79 Å². The molecule has 0 spiro atoms. The molecule has 1 aromatic carbocycles. The van der Waals surface area contributed by atoms with E-state index < -0.39 is 0 Å². The van der Waals surface area contributed by atoms with Crippen LogP contribution in [0.4, 0.5) is 5.13 Å². The Bertz CT molecular complexity index is 887. The molecule has 2 aromatic heterocycles. The molecule has 0 saturated heterocycles. The Labute approximate surface area is 146 Å². The van der Waals surface area contributed by atoms with Gasteiger partial charge in [-0.25, -0.2) is 4.98 Å². The zero-order chi connectivity index (χ0) is 16.5. The second-order valence-corrected chi connectivity index (χ2v) is 7.41. The summed E-state index contributed by atoms with van der Waals surface area (Å²) < 4.78 is 8.22. The minimum atomic E-state index is -0.101. The van der Waals surface area contributed by atoms with Crippen LogP contribution in [0.3, 0.4) is 0 Å². The molecule has 4 rings (SSSR count). The fourth-order valence-electron chi connectivity index (χ4n) is 2.31. The predicted octanol–water partition coefficient (Wildman–Crippen LogP) is 2.96. The van der Waals surface area contributed by atoms with Crippen LogP contribution >= 0.6 is 23.1 Å². The van der Waals surface area contributed by atoms with Gasteiger partial charge >= 0.3 is 0 Å². The molecule has 1 saturated carbocycles. The third kappa shape index (κ3) is 3.22. The topological polar surface area (TPSA) is 81.9 Å². The molecule has 0 bridgehead atoms. The van der Waals surface area contributed by atoms with E-state index >= 15 is 0 Å². The summed E-state index contributed by atoms with van der Waals surface area (Å²) in [6.07, 6.45) is 4.05. The number of anilines is 1. The molecule has 0 aliphatic heterocycles. The number of thioether (sulfide) groups is 1. The maximum atomic E-state index is 12.2. The van der Waals surface area contributed by atoms with Crippen molar-refractivity contribution < 1.29 is 9.53 Å². The molecule has 1 amide bonds. The molecule has 0 radical (unpaired) electrons. The summed E-state index contributed by atoms with van der Waals surface area (Å²) in [5, 5.41) is 12.2. The first-order chi connectivity index (χ1) is 11.7. The highest BCUT2D eigenvalue weighted by molar-refractivity contribution is 7.99. The summed E-state index contributed by atoms with van der Waals surface area (Å²) in [5.74, 6) is 0.959. The van der Waals surface area contributed by atoms with Crippen molar-refractivity contribution in [2.45, 2.75) is 24.0 Å². The Kier molecular flexibility index (Phi) is 4.11. The van der Waals surface area contributed by atoms with Crippen LogP contribution in [0.5, 0.6) is 5.75 Å². The predicted molar refractivity (Wildman–Crippen MR) is 93.8 cm³/mol. The average Bonchev–Trinajstić information content (AvgIpc) is 3.18. The number of hydrogen-bond acceptors (Lipinski definition) is 7. The van der Waals surface area contributed by atoms with E-state index in [0.717, 1.165) is 34.0 Å². The second-order valence-electron chi connectivity index (χ2n) is 5.44. The minimum absolute atomic E-state index is 0.101. The number of hydrogen-bond donors (Lipinski definition) is 1. The lowest BCUT2D eigenvalue weighted by Crippen LogP contribution is -2.14. The number of benzene rings is 1. The lowest BCUT2D eigenvalue weighted by Gasteiger charge is -2.03. The van der Waals surface area contributed by atoms with E-state index in [4.69, 9.17) is 4.74 Å². The quantitative estimate of drug-likeness (QED) is 0.680. The summed E-state index contributed by atoms with van der Waals surface area (Å²) >= 11 is 2.83.